The first-order valence-corrected chi connectivity index (χ1v) is 13.5. The lowest BCUT2D eigenvalue weighted by molar-refractivity contribution is -0.138. The van der Waals surface area contributed by atoms with Crippen molar-refractivity contribution < 1.29 is 29.0 Å². The summed E-state index contributed by atoms with van der Waals surface area (Å²) in [5.41, 5.74) is 1.70. The Morgan fingerprint density at radius 2 is 1.74 bits per heavy atom. The Labute approximate surface area is 227 Å². The average molecular weight is 538 g/mol. The Kier molecular flexibility index (Phi) is 9.45. The van der Waals surface area contributed by atoms with Crippen LogP contribution in [0, 0.1) is 0 Å². The lowest BCUT2D eigenvalue weighted by Crippen LogP contribution is -2.56. The fourth-order valence-electron chi connectivity index (χ4n) is 4.37. The Balaban J connectivity index is 1.45. The van der Waals surface area contributed by atoms with Crippen molar-refractivity contribution in [1.82, 2.24) is 25.1 Å². The standard InChI is InChI=1S/C28H35N5O6/c1-2-3-17-39-28(38)33-15-13-32(14-16-33)27(37)21(11-12-24(34)35)31-26(36)23-18-22(19-9-10-19)29-25(30-23)20-7-5-4-6-8-20/h4-8,18-19,21H,2-3,9-17H2,1H3,(H,31,36)(H,34,35)/t21-/m0/s1. The van der Waals surface area contributed by atoms with Gasteiger partial charge in [-0.1, -0.05) is 43.7 Å². The van der Waals surface area contributed by atoms with E-state index in [2.05, 4.69) is 15.3 Å². The van der Waals surface area contributed by atoms with Crippen LogP contribution in [0.5, 0.6) is 0 Å². The molecule has 1 aliphatic heterocycles. The number of carboxylic acid groups (broad SMARTS) is 1. The van der Waals surface area contributed by atoms with E-state index in [1.54, 1.807) is 15.9 Å². The van der Waals surface area contributed by atoms with Crippen molar-refractivity contribution in [3.05, 3.63) is 47.8 Å². The number of rotatable bonds is 11. The lowest BCUT2D eigenvalue weighted by Gasteiger charge is -2.36. The van der Waals surface area contributed by atoms with Crippen LogP contribution in [-0.2, 0) is 14.3 Å². The summed E-state index contributed by atoms with van der Waals surface area (Å²) in [6, 6.07) is 9.96. The molecule has 1 aromatic heterocycles. The van der Waals surface area contributed by atoms with Crippen LogP contribution in [-0.4, -0.2) is 87.6 Å². The maximum Gasteiger partial charge on any atom is 0.409 e. The highest BCUT2D eigenvalue weighted by Gasteiger charge is 2.32. The van der Waals surface area contributed by atoms with Gasteiger partial charge in [-0.15, -0.1) is 0 Å². The molecule has 11 heteroatoms. The van der Waals surface area contributed by atoms with Crippen molar-refractivity contribution in [3.63, 3.8) is 0 Å². The van der Waals surface area contributed by atoms with Gasteiger partial charge in [-0.25, -0.2) is 14.8 Å². The largest absolute Gasteiger partial charge is 0.481 e. The van der Waals surface area contributed by atoms with Gasteiger partial charge in [-0.05, 0) is 31.7 Å². The summed E-state index contributed by atoms with van der Waals surface area (Å²) in [6.07, 6.45) is 2.93. The summed E-state index contributed by atoms with van der Waals surface area (Å²) >= 11 is 0. The van der Waals surface area contributed by atoms with Gasteiger partial charge in [0.05, 0.1) is 6.61 Å². The molecule has 1 aliphatic carbocycles. The maximum absolute atomic E-state index is 13.4. The maximum atomic E-state index is 13.4. The van der Waals surface area contributed by atoms with E-state index in [-0.39, 0.29) is 43.5 Å². The second-order valence-corrected chi connectivity index (χ2v) is 9.88. The first kappa shape index (κ1) is 28.0. The van der Waals surface area contributed by atoms with Crippen molar-refractivity contribution >= 4 is 23.9 Å². The number of carbonyl (C=O) groups excluding carboxylic acids is 3. The third-order valence-electron chi connectivity index (χ3n) is 6.83. The summed E-state index contributed by atoms with van der Waals surface area (Å²) in [5.74, 6) is -1.30. The Morgan fingerprint density at radius 1 is 1.05 bits per heavy atom. The molecule has 2 fully saturated rings. The summed E-state index contributed by atoms with van der Waals surface area (Å²) in [7, 11) is 0. The molecule has 2 aromatic rings. The number of unbranched alkanes of at least 4 members (excludes halogenated alkanes) is 1. The van der Waals surface area contributed by atoms with Crippen LogP contribution in [0.4, 0.5) is 4.79 Å². The molecule has 2 heterocycles. The molecule has 2 aliphatic rings. The molecule has 1 aromatic carbocycles. The van der Waals surface area contributed by atoms with Gasteiger partial charge < -0.3 is 25.0 Å². The molecule has 11 nitrogen and oxygen atoms in total. The number of benzene rings is 1. The predicted octanol–water partition coefficient (Wildman–Crippen LogP) is 3.07. The van der Waals surface area contributed by atoms with Crippen molar-refractivity contribution in [1.29, 1.82) is 0 Å². The van der Waals surface area contributed by atoms with Crippen LogP contribution >= 0.6 is 0 Å². The van der Waals surface area contributed by atoms with Crippen molar-refractivity contribution in [2.24, 2.45) is 0 Å². The molecular formula is C28H35N5O6. The zero-order chi connectivity index (χ0) is 27.8. The predicted molar refractivity (Wildman–Crippen MR) is 142 cm³/mol. The third kappa shape index (κ3) is 7.75. The molecule has 2 N–H and O–H groups in total. The van der Waals surface area contributed by atoms with Crippen molar-refractivity contribution in [2.75, 3.05) is 32.8 Å². The van der Waals surface area contributed by atoms with E-state index in [1.807, 2.05) is 37.3 Å². The minimum Gasteiger partial charge on any atom is -0.481 e. The monoisotopic (exact) mass is 537 g/mol. The van der Waals surface area contributed by atoms with Crippen molar-refractivity contribution in [2.45, 2.75) is 57.4 Å². The zero-order valence-corrected chi connectivity index (χ0v) is 22.2. The molecule has 1 saturated heterocycles. The Bertz CT molecular complexity index is 1180. The molecule has 208 valence electrons. The zero-order valence-electron chi connectivity index (χ0n) is 22.2. The third-order valence-corrected chi connectivity index (χ3v) is 6.83. The number of aliphatic carboxylic acids is 1. The van der Waals surface area contributed by atoms with Crippen LogP contribution < -0.4 is 5.32 Å². The van der Waals surface area contributed by atoms with E-state index in [9.17, 15) is 24.3 Å². The molecular weight excluding hydrogens is 502 g/mol. The van der Waals surface area contributed by atoms with Gasteiger partial charge in [0.15, 0.2) is 5.82 Å². The van der Waals surface area contributed by atoms with Crippen molar-refractivity contribution in [3.8, 4) is 11.4 Å². The fourth-order valence-corrected chi connectivity index (χ4v) is 4.37. The minimum absolute atomic E-state index is 0.0642. The highest BCUT2D eigenvalue weighted by Crippen LogP contribution is 2.39. The smallest absolute Gasteiger partial charge is 0.409 e. The first-order chi connectivity index (χ1) is 18.9. The van der Waals surface area contributed by atoms with Crippen LogP contribution in [0.15, 0.2) is 36.4 Å². The molecule has 0 bridgehead atoms. The Hall–Kier alpha value is -4.02. The normalized spacial score (nSPS) is 15.9. The number of hydrogen-bond donors (Lipinski definition) is 2. The lowest BCUT2D eigenvalue weighted by atomic mass is 10.1. The number of aromatic nitrogens is 2. The number of piperazine rings is 1. The molecule has 39 heavy (non-hydrogen) atoms. The Morgan fingerprint density at radius 3 is 2.38 bits per heavy atom. The highest BCUT2D eigenvalue weighted by molar-refractivity contribution is 5.96. The van der Waals surface area contributed by atoms with E-state index in [0.29, 0.717) is 25.5 Å². The van der Waals surface area contributed by atoms with E-state index in [0.717, 1.165) is 36.9 Å². The van der Waals surface area contributed by atoms with E-state index >= 15 is 0 Å². The number of carbonyl (C=O) groups is 4. The van der Waals surface area contributed by atoms with Gasteiger partial charge in [-0.3, -0.25) is 14.4 Å². The SMILES string of the molecule is CCCCOC(=O)N1CCN(C(=O)[C@H](CCC(=O)O)NC(=O)c2cc(C3CC3)nc(-c3ccccc3)n2)CC1. The number of carboxylic acids is 1. The van der Waals surface area contributed by atoms with Crippen LogP contribution in [0.25, 0.3) is 11.4 Å². The van der Waals surface area contributed by atoms with E-state index in [4.69, 9.17) is 4.74 Å². The summed E-state index contributed by atoms with van der Waals surface area (Å²) < 4.78 is 5.25. The second kappa shape index (κ2) is 13.2. The number of ether oxygens (including phenoxy) is 1. The number of nitrogens with one attached hydrogen (secondary N) is 1. The molecule has 1 atom stereocenters. The topological polar surface area (TPSA) is 142 Å². The molecule has 3 amide bonds. The van der Waals surface area contributed by atoms with E-state index < -0.39 is 24.0 Å². The molecule has 0 radical (unpaired) electrons. The fraction of sp³-hybridized carbons (Fsp3) is 0.500. The van der Waals surface area contributed by atoms with Gasteiger partial charge in [0, 0.05) is 49.8 Å². The van der Waals surface area contributed by atoms with Crippen LogP contribution in [0.2, 0.25) is 0 Å². The summed E-state index contributed by atoms with van der Waals surface area (Å²) in [4.78, 5) is 62.5. The van der Waals surface area contributed by atoms with E-state index in [1.165, 1.54) is 0 Å². The number of amides is 3. The molecule has 0 unspecified atom stereocenters. The van der Waals surface area contributed by atoms with Crippen LogP contribution in [0.1, 0.15) is 67.5 Å². The number of nitrogens with zero attached hydrogens (tertiary/aromatic N) is 4. The van der Waals surface area contributed by atoms with Crippen LogP contribution in [0.3, 0.4) is 0 Å². The minimum atomic E-state index is -1.06. The van der Waals surface area contributed by atoms with Gasteiger partial charge >= 0.3 is 12.1 Å². The molecule has 0 spiro atoms. The first-order valence-electron chi connectivity index (χ1n) is 13.5. The average Bonchev–Trinajstić information content (AvgIpc) is 3.81. The molecule has 4 rings (SSSR count). The summed E-state index contributed by atoms with van der Waals surface area (Å²) in [5, 5.41) is 12.0. The van der Waals surface area contributed by atoms with Gasteiger partial charge in [-0.2, -0.15) is 0 Å². The van der Waals surface area contributed by atoms with Gasteiger partial charge in [0.1, 0.15) is 11.7 Å². The molecule has 1 saturated carbocycles. The van der Waals surface area contributed by atoms with Gasteiger partial charge in [0.25, 0.3) is 5.91 Å². The number of hydrogen-bond acceptors (Lipinski definition) is 7. The summed E-state index contributed by atoms with van der Waals surface area (Å²) in [6.45, 7) is 3.49. The second-order valence-electron chi connectivity index (χ2n) is 9.88. The highest BCUT2D eigenvalue weighted by atomic mass is 16.6. The van der Waals surface area contributed by atoms with Gasteiger partial charge in [0.2, 0.25) is 5.91 Å². The quantitative estimate of drug-likeness (QED) is 0.417.